The molecule has 108 valence electrons. The van der Waals surface area contributed by atoms with Crippen molar-refractivity contribution in [3.63, 3.8) is 0 Å². The lowest BCUT2D eigenvalue weighted by atomic mass is 10.1. The number of nitro groups is 1. The van der Waals surface area contributed by atoms with Gasteiger partial charge in [-0.3, -0.25) is 19.9 Å². The number of hydrogen-bond acceptors (Lipinski definition) is 5. The number of anilines is 1. The molecule has 1 unspecified atom stereocenters. The second-order valence-corrected chi connectivity index (χ2v) is 5.26. The molecule has 1 N–H and O–H groups in total. The summed E-state index contributed by atoms with van der Waals surface area (Å²) >= 11 is 0. The van der Waals surface area contributed by atoms with Crippen LogP contribution in [0.25, 0.3) is 0 Å². The van der Waals surface area contributed by atoms with E-state index in [-0.39, 0.29) is 5.69 Å². The van der Waals surface area contributed by atoms with Crippen LogP contribution < -0.4 is 5.32 Å². The van der Waals surface area contributed by atoms with Crippen molar-refractivity contribution in [1.82, 2.24) is 9.80 Å². The highest BCUT2D eigenvalue weighted by atomic mass is 19.1. The zero-order valence-corrected chi connectivity index (χ0v) is 11.1. The van der Waals surface area contributed by atoms with Crippen LogP contribution in [0.2, 0.25) is 0 Å². The molecule has 6 nitrogen and oxygen atoms in total. The maximum atomic E-state index is 13.5. The SMILES string of the molecule is O=[N+]([O-])c1c(F)cccc1NCC1CN2CCN1CC2. The fourth-order valence-corrected chi connectivity index (χ4v) is 2.99. The molecule has 0 radical (unpaired) electrons. The van der Waals surface area contributed by atoms with Gasteiger partial charge in [-0.25, -0.2) is 0 Å². The van der Waals surface area contributed by atoms with Crippen LogP contribution in [0.4, 0.5) is 15.8 Å². The van der Waals surface area contributed by atoms with Gasteiger partial charge in [0.1, 0.15) is 5.69 Å². The van der Waals surface area contributed by atoms with Gasteiger partial charge in [-0.1, -0.05) is 6.07 Å². The Morgan fingerprint density at radius 1 is 1.35 bits per heavy atom. The number of piperazine rings is 3. The van der Waals surface area contributed by atoms with Gasteiger partial charge >= 0.3 is 5.69 Å². The number of rotatable bonds is 4. The van der Waals surface area contributed by atoms with Gasteiger partial charge < -0.3 is 5.32 Å². The maximum Gasteiger partial charge on any atom is 0.327 e. The molecule has 1 aromatic carbocycles. The van der Waals surface area contributed by atoms with Gasteiger partial charge in [0.15, 0.2) is 0 Å². The van der Waals surface area contributed by atoms with Crippen molar-refractivity contribution in [2.45, 2.75) is 6.04 Å². The first kappa shape index (κ1) is 13.3. The third-order valence-electron chi connectivity index (χ3n) is 4.09. The summed E-state index contributed by atoms with van der Waals surface area (Å²) < 4.78 is 13.5. The van der Waals surface area contributed by atoms with Gasteiger partial charge in [0.05, 0.1) is 4.92 Å². The Bertz CT molecular complexity index is 517. The molecule has 3 saturated heterocycles. The molecule has 0 spiro atoms. The van der Waals surface area contributed by atoms with E-state index in [1.807, 2.05) is 0 Å². The summed E-state index contributed by atoms with van der Waals surface area (Å²) in [5.74, 6) is -0.797. The summed E-state index contributed by atoms with van der Waals surface area (Å²) in [6.45, 7) is 5.83. The van der Waals surface area contributed by atoms with Gasteiger partial charge in [0.2, 0.25) is 5.82 Å². The van der Waals surface area contributed by atoms with E-state index in [2.05, 4.69) is 15.1 Å². The molecule has 7 heteroatoms. The fourth-order valence-electron chi connectivity index (χ4n) is 2.99. The van der Waals surface area contributed by atoms with Crippen LogP contribution in [0, 0.1) is 15.9 Å². The monoisotopic (exact) mass is 280 g/mol. The third kappa shape index (κ3) is 2.46. The number of fused-ring (bicyclic) bond motifs is 3. The van der Waals surface area contributed by atoms with Gasteiger partial charge in [-0.05, 0) is 12.1 Å². The molecule has 0 aliphatic carbocycles. The number of halogens is 1. The first-order chi connectivity index (χ1) is 9.65. The number of para-hydroxylation sites is 1. The van der Waals surface area contributed by atoms with Crippen molar-refractivity contribution in [2.75, 3.05) is 44.6 Å². The van der Waals surface area contributed by atoms with E-state index in [4.69, 9.17) is 0 Å². The Morgan fingerprint density at radius 3 is 2.70 bits per heavy atom. The van der Waals surface area contributed by atoms with Crippen LogP contribution >= 0.6 is 0 Å². The van der Waals surface area contributed by atoms with Gasteiger partial charge in [0, 0.05) is 45.3 Å². The van der Waals surface area contributed by atoms with Crippen LogP contribution in [0.5, 0.6) is 0 Å². The van der Waals surface area contributed by atoms with Crippen molar-refractivity contribution in [3.05, 3.63) is 34.1 Å². The van der Waals surface area contributed by atoms with Crippen molar-refractivity contribution in [1.29, 1.82) is 0 Å². The summed E-state index contributed by atoms with van der Waals surface area (Å²) in [4.78, 5) is 15.0. The lowest BCUT2D eigenvalue weighted by Crippen LogP contribution is -2.62. The van der Waals surface area contributed by atoms with Crippen molar-refractivity contribution < 1.29 is 9.31 Å². The minimum absolute atomic E-state index is 0.257. The van der Waals surface area contributed by atoms with Crippen LogP contribution in [-0.2, 0) is 0 Å². The summed E-state index contributed by atoms with van der Waals surface area (Å²) in [6.07, 6.45) is 0. The quantitative estimate of drug-likeness (QED) is 0.662. The topological polar surface area (TPSA) is 61.7 Å². The first-order valence-corrected chi connectivity index (χ1v) is 6.78. The van der Waals surface area contributed by atoms with Crippen LogP contribution in [0.1, 0.15) is 0 Å². The molecular formula is C13H17FN4O2. The molecule has 0 amide bonds. The molecule has 0 saturated carbocycles. The molecule has 3 aliphatic rings. The van der Waals surface area contributed by atoms with Crippen molar-refractivity contribution in [3.8, 4) is 0 Å². The van der Waals surface area contributed by atoms with E-state index in [0.29, 0.717) is 12.6 Å². The maximum absolute atomic E-state index is 13.5. The summed E-state index contributed by atoms with van der Waals surface area (Å²) in [5, 5.41) is 14.0. The Kier molecular flexibility index (Phi) is 3.54. The Labute approximate surface area is 116 Å². The van der Waals surface area contributed by atoms with Gasteiger partial charge in [-0.15, -0.1) is 0 Å². The van der Waals surface area contributed by atoms with Crippen molar-refractivity contribution >= 4 is 11.4 Å². The lowest BCUT2D eigenvalue weighted by molar-refractivity contribution is -0.386. The zero-order valence-electron chi connectivity index (χ0n) is 11.1. The highest BCUT2D eigenvalue weighted by Gasteiger charge is 2.32. The van der Waals surface area contributed by atoms with E-state index < -0.39 is 16.4 Å². The number of hydrogen-bond donors (Lipinski definition) is 1. The molecule has 0 aromatic heterocycles. The Hall–Kier alpha value is -1.73. The molecule has 1 atom stereocenters. The van der Waals surface area contributed by atoms with Crippen molar-refractivity contribution in [2.24, 2.45) is 0 Å². The average molecular weight is 280 g/mol. The highest BCUT2D eigenvalue weighted by molar-refractivity contribution is 5.62. The van der Waals surface area contributed by atoms with E-state index >= 15 is 0 Å². The summed E-state index contributed by atoms with van der Waals surface area (Å²) in [5.41, 5.74) is -0.212. The largest absolute Gasteiger partial charge is 0.378 e. The molecule has 3 aliphatic heterocycles. The highest BCUT2D eigenvalue weighted by Crippen LogP contribution is 2.27. The number of nitrogens with one attached hydrogen (secondary N) is 1. The van der Waals surface area contributed by atoms with Crippen LogP contribution in [0.3, 0.4) is 0 Å². The minimum Gasteiger partial charge on any atom is -0.378 e. The van der Waals surface area contributed by atoms with E-state index in [9.17, 15) is 14.5 Å². The van der Waals surface area contributed by atoms with E-state index in [0.717, 1.165) is 38.8 Å². The Morgan fingerprint density at radius 2 is 2.10 bits per heavy atom. The first-order valence-electron chi connectivity index (χ1n) is 6.78. The van der Waals surface area contributed by atoms with E-state index in [1.54, 1.807) is 6.07 Å². The second-order valence-electron chi connectivity index (χ2n) is 5.26. The predicted molar refractivity (Wildman–Crippen MR) is 73.3 cm³/mol. The smallest absolute Gasteiger partial charge is 0.327 e. The Balaban J connectivity index is 1.70. The lowest BCUT2D eigenvalue weighted by Gasteiger charge is -2.47. The number of nitro benzene ring substituents is 1. The fraction of sp³-hybridized carbons (Fsp3) is 0.538. The molecule has 1 aromatic rings. The molecule has 2 bridgehead atoms. The predicted octanol–water partition coefficient (Wildman–Crippen LogP) is 1.15. The molecule has 20 heavy (non-hydrogen) atoms. The molecule has 3 fully saturated rings. The van der Waals surface area contributed by atoms with Crippen LogP contribution in [-0.4, -0.2) is 60.0 Å². The van der Waals surface area contributed by atoms with Gasteiger partial charge in [-0.2, -0.15) is 4.39 Å². The molecule has 3 heterocycles. The van der Waals surface area contributed by atoms with Crippen LogP contribution in [0.15, 0.2) is 18.2 Å². The minimum atomic E-state index is -0.797. The molecular weight excluding hydrogens is 263 g/mol. The van der Waals surface area contributed by atoms with Gasteiger partial charge in [0.25, 0.3) is 0 Å². The number of benzene rings is 1. The average Bonchev–Trinajstić information content (AvgIpc) is 2.46. The summed E-state index contributed by atoms with van der Waals surface area (Å²) in [7, 11) is 0. The normalized spacial score (nSPS) is 28.4. The summed E-state index contributed by atoms with van der Waals surface area (Å²) in [6, 6.07) is 4.49. The second kappa shape index (κ2) is 5.34. The van der Waals surface area contributed by atoms with E-state index in [1.165, 1.54) is 6.07 Å². The molecule has 4 rings (SSSR count). The third-order valence-corrected chi connectivity index (χ3v) is 4.09. The standard InChI is InChI=1S/C13H17FN4O2/c14-11-2-1-3-12(13(11)18(19)20)15-8-10-9-16-4-6-17(10)7-5-16/h1-3,10,15H,4-9H2. The number of nitrogens with zero attached hydrogens (tertiary/aromatic N) is 3. The zero-order chi connectivity index (χ0) is 14.1.